The molecule has 3 nitrogen and oxygen atoms in total. The quantitative estimate of drug-likeness (QED) is 0.750. The summed E-state index contributed by atoms with van der Waals surface area (Å²) < 4.78 is 0. The Morgan fingerprint density at radius 1 is 1.56 bits per heavy atom. The van der Waals surface area contributed by atoms with E-state index in [1.54, 1.807) is 11.0 Å². The summed E-state index contributed by atoms with van der Waals surface area (Å²) in [6, 6.07) is 7.55. The lowest BCUT2D eigenvalue weighted by Gasteiger charge is -2.18. The summed E-state index contributed by atoms with van der Waals surface area (Å²) in [5.74, 6) is -0.181. The first-order valence-corrected chi connectivity index (χ1v) is 5.45. The Morgan fingerprint density at radius 2 is 2.31 bits per heavy atom. The van der Waals surface area contributed by atoms with Crippen LogP contribution in [0.25, 0.3) is 0 Å². The maximum atomic E-state index is 11.7. The van der Waals surface area contributed by atoms with Crippen molar-refractivity contribution in [3.05, 3.63) is 28.8 Å². The van der Waals surface area contributed by atoms with Gasteiger partial charge in [0.15, 0.2) is 0 Å². The van der Waals surface area contributed by atoms with Crippen molar-refractivity contribution in [3.63, 3.8) is 0 Å². The molecule has 1 atom stereocenters. The molecule has 1 aromatic rings. The number of hydrogen-bond donors (Lipinski definition) is 0. The summed E-state index contributed by atoms with van der Waals surface area (Å²) in [5.41, 5.74) is 1.81. The van der Waals surface area contributed by atoms with Crippen LogP contribution in [0.5, 0.6) is 0 Å². The third kappa shape index (κ3) is 1.89. The molecule has 4 heteroatoms. The topological polar surface area (TPSA) is 44.1 Å². The largest absolute Gasteiger partial charge is 0.311 e. The van der Waals surface area contributed by atoms with Gasteiger partial charge in [0.25, 0.3) is 0 Å². The molecule has 0 bridgehead atoms. The predicted octanol–water partition coefficient (Wildman–Crippen LogP) is 2.52. The highest BCUT2D eigenvalue weighted by atomic mass is 35.5. The Kier molecular flexibility index (Phi) is 2.84. The van der Waals surface area contributed by atoms with Gasteiger partial charge in [-0.05, 0) is 30.7 Å². The van der Waals surface area contributed by atoms with Gasteiger partial charge in [0.2, 0.25) is 5.91 Å². The second-order valence-corrected chi connectivity index (χ2v) is 4.40. The highest BCUT2D eigenvalue weighted by Gasteiger charge is 2.31. The molecule has 2 rings (SSSR count). The third-order valence-corrected chi connectivity index (χ3v) is 2.99. The molecule has 1 fully saturated rings. The van der Waals surface area contributed by atoms with Crippen molar-refractivity contribution in [1.82, 2.24) is 0 Å². The summed E-state index contributed by atoms with van der Waals surface area (Å²) in [4.78, 5) is 13.4. The summed E-state index contributed by atoms with van der Waals surface area (Å²) in [5, 5.41) is 9.47. The fourth-order valence-electron chi connectivity index (χ4n) is 1.95. The van der Waals surface area contributed by atoms with Crippen LogP contribution in [-0.4, -0.2) is 12.5 Å². The Labute approximate surface area is 99.2 Å². The van der Waals surface area contributed by atoms with Crippen molar-refractivity contribution < 1.29 is 4.79 Å². The van der Waals surface area contributed by atoms with Gasteiger partial charge in [-0.2, -0.15) is 5.26 Å². The van der Waals surface area contributed by atoms with Gasteiger partial charge in [0.05, 0.1) is 12.0 Å². The zero-order valence-electron chi connectivity index (χ0n) is 8.90. The van der Waals surface area contributed by atoms with E-state index >= 15 is 0 Å². The highest BCUT2D eigenvalue weighted by molar-refractivity contribution is 6.30. The molecule has 0 spiro atoms. The van der Waals surface area contributed by atoms with Crippen molar-refractivity contribution in [2.45, 2.75) is 13.3 Å². The highest BCUT2D eigenvalue weighted by Crippen LogP contribution is 2.29. The van der Waals surface area contributed by atoms with Crippen LogP contribution in [0.15, 0.2) is 18.2 Å². The molecule has 0 unspecified atom stereocenters. The molecule has 1 heterocycles. The standard InChI is InChI=1S/C12H11ClN2O/c1-8-4-10(13)2-3-11(8)15-7-9(6-14)5-12(15)16/h2-4,9H,5,7H2,1H3/t9-/m1/s1. The van der Waals surface area contributed by atoms with Crippen LogP contribution in [0.1, 0.15) is 12.0 Å². The number of benzene rings is 1. The number of carbonyl (C=O) groups is 1. The van der Waals surface area contributed by atoms with Gasteiger partial charge in [-0.3, -0.25) is 4.79 Å². The average molecular weight is 235 g/mol. The predicted molar refractivity (Wildman–Crippen MR) is 62.3 cm³/mol. The summed E-state index contributed by atoms with van der Waals surface area (Å²) in [6.45, 7) is 2.39. The van der Waals surface area contributed by atoms with Crippen molar-refractivity contribution in [2.75, 3.05) is 11.4 Å². The van der Waals surface area contributed by atoms with Gasteiger partial charge >= 0.3 is 0 Å². The lowest BCUT2D eigenvalue weighted by atomic mass is 10.1. The number of carbonyl (C=O) groups excluding carboxylic acids is 1. The van der Waals surface area contributed by atoms with Crippen LogP contribution in [0, 0.1) is 24.2 Å². The number of anilines is 1. The number of hydrogen-bond acceptors (Lipinski definition) is 2. The Balaban J connectivity index is 2.32. The molecule has 1 aliphatic heterocycles. The van der Waals surface area contributed by atoms with Crippen LogP contribution in [-0.2, 0) is 4.79 Å². The van der Waals surface area contributed by atoms with Gasteiger partial charge in [-0.25, -0.2) is 0 Å². The molecule has 0 aliphatic carbocycles. The van der Waals surface area contributed by atoms with Gasteiger partial charge in [0.1, 0.15) is 0 Å². The van der Waals surface area contributed by atoms with E-state index < -0.39 is 0 Å². The van der Waals surface area contributed by atoms with Gasteiger partial charge in [0, 0.05) is 23.7 Å². The molecule has 1 saturated heterocycles. The van der Waals surface area contributed by atoms with E-state index in [9.17, 15) is 4.79 Å². The Bertz CT molecular complexity index is 478. The zero-order valence-corrected chi connectivity index (χ0v) is 9.66. The van der Waals surface area contributed by atoms with Crippen molar-refractivity contribution in [2.24, 2.45) is 5.92 Å². The summed E-state index contributed by atoms with van der Waals surface area (Å²) in [7, 11) is 0. The molecule has 1 aliphatic rings. The van der Waals surface area contributed by atoms with Crippen molar-refractivity contribution in [1.29, 1.82) is 5.26 Å². The first kappa shape index (κ1) is 11.0. The van der Waals surface area contributed by atoms with Gasteiger partial charge < -0.3 is 4.90 Å². The SMILES string of the molecule is Cc1cc(Cl)ccc1N1C[C@@H](C#N)CC1=O. The lowest BCUT2D eigenvalue weighted by molar-refractivity contribution is -0.117. The van der Waals surface area contributed by atoms with E-state index in [4.69, 9.17) is 16.9 Å². The number of aryl methyl sites for hydroxylation is 1. The number of amides is 1. The van der Waals surface area contributed by atoms with E-state index in [0.29, 0.717) is 18.0 Å². The molecule has 0 N–H and O–H groups in total. The summed E-state index contributed by atoms with van der Waals surface area (Å²) >= 11 is 5.86. The van der Waals surface area contributed by atoms with E-state index in [0.717, 1.165) is 11.3 Å². The fourth-order valence-corrected chi connectivity index (χ4v) is 2.18. The zero-order chi connectivity index (χ0) is 11.7. The number of nitrogens with zero attached hydrogens (tertiary/aromatic N) is 2. The molecule has 0 aromatic heterocycles. The Morgan fingerprint density at radius 3 is 2.88 bits per heavy atom. The average Bonchev–Trinajstić information content (AvgIpc) is 2.60. The molecule has 16 heavy (non-hydrogen) atoms. The Hall–Kier alpha value is -1.53. The molecule has 82 valence electrons. The van der Waals surface area contributed by atoms with Crippen LogP contribution in [0.4, 0.5) is 5.69 Å². The minimum absolute atomic E-state index is 0.0111. The molecule has 1 amide bonds. The van der Waals surface area contributed by atoms with Crippen molar-refractivity contribution in [3.8, 4) is 6.07 Å². The molecule has 0 saturated carbocycles. The first-order chi connectivity index (χ1) is 7.61. The van der Waals surface area contributed by atoms with E-state index in [1.807, 2.05) is 19.1 Å². The molecular formula is C12H11ClN2O. The van der Waals surface area contributed by atoms with E-state index in [-0.39, 0.29) is 11.8 Å². The molecule has 0 radical (unpaired) electrons. The van der Waals surface area contributed by atoms with E-state index in [2.05, 4.69) is 6.07 Å². The third-order valence-electron chi connectivity index (χ3n) is 2.76. The summed E-state index contributed by atoms with van der Waals surface area (Å²) in [6.07, 6.45) is 0.318. The van der Waals surface area contributed by atoms with E-state index in [1.165, 1.54) is 0 Å². The smallest absolute Gasteiger partial charge is 0.228 e. The van der Waals surface area contributed by atoms with Gasteiger partial charge in [-0.1, -0.05) is 11.6 Å². The first-order valence-electron chi connectivity index (χ1n) is 5.08. The normalized spacial score (nSPS) is 19.9. The minimum atomic E-state index is -0.192. The van der Waals surface area contributed by atoms with Crippen LogP contribution >= 0.6 is 11.6 Å². The maximum Gasteiger partial charge on any atom is 0.228 e. The second kappa shape index (κ2) is 4.15. The second-order valence-electron chi connectivity index (χ2n) is 3.97. The van der Waals surface area contributed by atoms with Gasteiger partial charge in [-0.15, -0.1) is 0 Å². The molecular weight excluding hydrogens is 224 g/mol. The molecule has 1 aromatic carbocycles. The van der Waals surface area contributed by atoms with Crippen molar-refractivity contribution >= 4 is 23.2 Å². The monoisotopic (exact) mass is 234 g/mol. The lowest BCUT2D eigenvalue weighted by Crippen LogP contribution is -2.25. The minimum Gasteiger partial charge on any atom is -0.311 e. The maximum absolute atomic E-state index is 11.7. The van der Waals surface area contributed by atoms with Crippen LogP contribution < -0.4 is 4.90 Å². The number of halogens is 1. The fraction of sp³-hybridized carbons (Fsp3) is 0.333. The van der Waals surface area contributed by atoms with Crippen LogP contribution in [0.2, 0.25) is 5.02 Å². The number of rotatable bonds is 1. The number of nitriles is 1. The van der Waals surface area contributed by atoms with Crippen LogP contribution in [0.3, 0.4) is 0 Å².